The number of aliphatic carboxylic acids is 1. The highest BCUT2D eigenvalue weighted by atomic mass is 32.2. The Labute approximate surface area is 164 Å². The summed E-state index contributed by atoms with van der Waals surface area (Å²) in [7, 11) is 0. The lowest BCUT2D eigenvalue weighted by molar-refractivity contribution is -0.142. The summed E-state index contributed by atoms with van der Waals surface area (Å²) in [4.78, 5) is 36.2. The Morgan fingerprint density at radius 2 is 1.74 bits per heavy atom. The van der Waals surface area contributed by atoms with E-state index in [0.717, 1.165) is 5.56 Å². The van der Waals surface area contributed by atoms with E-state index in [-0.39, 0.29) is 6.42 Å². The van der Waals surface area contributed by atoms with Crippen LogP contribution >= 0.6 is 11.8 Å². The number of nitrogens with one attached hydrogen (secondary N) is 2. The van der Waals surface area contributed by atoms with Gasteiger partial charge < -0.3 is 20.5 Å². The SMILES string of the molecule is CSCC[C@H](NC(=O)OC(C)(C)C)C(=O)N[C@@H](Cc1ccccc1)C(=O)O. The highest BCUT2D eigenvalue weighted by Gasteiger charge is 2.28. The number of carbonyl (C=O) groups is 3. The van der Waals surface area contributed by atoms with E-state index in [4.69, 9.17) is 4.74 Å². The van der Waals surface area contributed by atoms with Crippen LogP contribution in [-0.4, -0.2) is 52.8 Å². The van der Waals surface area contributed by atoms with Crippen molar-refractivity contribution in [1.29, 1.82) is 0 Å². The van der Waals surface area contributed by atoms with E-state index in [1.165, 1.54) is 11.8 Å². The number of ether oxygens (including phenoxy) is 1. The molecule has 150 valence electrons. The summed E-state index contributed by atoms with van der Waals surface area (Å²) in [5.41, 5.74) is 0.104. The number of thioether (sulfide) groups is 1. The molecular weight excluding hydrogens is 368 g/mol. The molecule has 0 aliphatic heterocycles. The van der Waals surface area contributed by atoms with E-state index in [9.17, 15) is 19.5 Å². The second-order valence-corrected chi connectivity index (χ2v) is 8.06. The van der Waals surface area contributed by atoms with E-state index >= 15 is 0 Å². The molecule has 1 rings (SSSR count). The highest BCUT2D eigenvalue weighted by Crippen LogP contribution is 2.09. The van der Waals surface area contributed by atoms with Gasteiger partial charge >= 0.3 is 12.1 Å². The number of hydrogen-bond donors (Lipinski definition) is 3. The summed E-state index contributed by atoms with van der Waals surface area (Å²) in [5.74, 6) is -1.05. The third kappa shape index (κ3) is 9.33. The van der Waals surface area contributed by atoms with Gasteiger partial charge in [0.25, 0.3) is 0 Å². The molecule has 0 unspecified atom stereocenters. The molecule has 2 amide bonds. The lowest BCUT2D eigenvalue weighted by Gasteiger charge is -2.24. The number of hydrogen-bond acceptors (Lipinski definition) is 5. The van der Waals surface area contributed by atoms with Gasteiger partial charge in [0.05, 0.1) is 0 Å². The zero-order valence-corrected chi connectivity index (χ0v) is 17.0. The molecule has 8 heteroatoms. The van der Waals surface area contributed by atoms with Crippen molar-refractivity contribution in [3.8, 4) is 0 Å². The fourth-order valence-corrected chi connectivity index (χ4v) is 2.75. The standard InChI is InChI=1S/C19H28N2O5S/c1-19(2,3)26-18(25)21-14(10-11-27-4)16(22)20-15(17(23)24)12-13-8-6-5-7-9-13/h5-9,14-15H,10-12H2,1-4H3,(H,20,22)(H,21,25)(H,23,24)/t14-,15-/m0/s1. The molecule has 0 radical (unpaired) electrons. The van der Waals surface area contributed by atoms with Crippen LogP contribution < -0.4 is 10.6 Å². The fraction of sp³-hybridized carbons (Fsp3) is 0.526. The summed E-state index contributed by atoms with van der Waals surface area (Å²) in [6.45, 7) is 5.18. The topological polar surface area (TPSA) is 105 Å². The highest BCUT2D eigenvalue weighted by molar-refractivity contribution is 7.98. The summed E-state index contributed by atoms with van der Waals surface area (Å²) < 4.78 is 5.19. The van der Waals surface area contributed by atoms with Gasteiger partial charge in [0, 0.05) is 6.42 Å². The Morgan fingerprint density at radius 1 is 1.11 bits per heavy atom. The zero-order valence-electron chi connectivity index (χ0n) is 16.2. The summed E-state index contributed by atoms with van der Waals surface area (Å²) >= 11 is 1.53. The molecular formula is C19H28N2O5S. The Kier molecular flexibility index (Phi) is 9.14. The van der Waals surface area contributed by atoms with Gasteiger partial charge in [0.2, 0.25) is 5.91 Å². The van der Waals surface area contributed by atoms with Gasteiger partial charge in [-0.05, 0) is 44.8 Å². The minimum absolute atomic E-state index is 0.156. The minimum atomic E-state index is -1.13. The zero-order chi connectivity index (χ0) is 20.4. The predicted octanol–water partition coefficient (Wildman–Crippen LogP) is 2.44. The van der Waals surface area contributed by atoms with Crippen molar-refractivity contribution in [1.82, 2.24) is 10.6 Å². The molecule has 0 aliphatic carbocycles. The molecule has 0 saturated heterocycles. The van der Waals surface area contributed by atoms with Crippen LogP contribution in [0.25, 0.3) is 0 Å². The first-order chi connectivity index (χ1) is 12.6. The molecule has 0 fully saturated rings. The smallest absolute Gasteiger partial charge is 0.408 e. The van der Waals surface area contributed by atoms with Gasteiger partial charge in [-0.15, -0.1) is 0 Å². The van der Waals surface area contributed by atoms with Crippen molar-refractivity contribution < 1.29 is 24.2 Å². The lowest BCUT2D eigenvalue weighted by Crippen LogP contribution is -2.53. The Bertz CT molecular complexity index is 631. The summed E-state index contributed by atoms with van der Waals surface area (Å²) in [6, 6.07) is 7.09. The average Bonchev–Trinajstić information content (AvgIpc) is 2.57. The number of carbonyl (C=O) groups excluding carboxylic acids is 2. The van der Waals surface area contributed by atoms with Crippen LogP contribution in [0.2, 0.25) is 0 Å². The van der Waals surface area contributed by atoms with Gasteiger partial charge in [-0.1, -0.05) is 30.3 Å². The predicted molar refractivity (Wildman–Crippen MR) is 106 cm³/mol. The minimum Gasteiger partial charge on any atom is -0.480 e. The first kappa shape index (κ1) is 22.8. The fourth-order valence-electron chi connectivity index (χ4n) is 2.28. The molecule has 3 N–H and O–H groups in total. The van der Waals surface area contributed by atoms with Crippen molar-refractivity contribution in [3.63, 3.8) is 0 Å². The van der Waals surface area contributed by atoms with E-state index < -0.39 is 35.7 Å². The number of rotatable bonds is 9. The molecule has 1 aromatic rings. The molecule has 1 aromatic carbocycles. The van der Waals surface area contributed by atoms with Crippen LogP contribution in [0.3, 0.4) is 0 Å². The second-order valence-electron chi connectivity index (χ2n) is 7.07. The monoisotopic (exact) mass is 396 g/mol. The second kappa shape index (κ2) is 10.8. The number of carboxylic acids is 1. The van der Waals surface area contributed by atoms with Crippen molar-refractivity contribution in [2.75, 3.05) is 12.0 Å². The van der Waals surface area contributed by atoms with Crippen LogP contribution in [-0.2, 0) is 20.7 Å². The number of amides is 2. The van der Waals surface area contributed by atoms with Crippen molar-refractivity contribution in [3.05, 3.63) is 35.9 Å². The molecule has 0 spiro atoms. The van der Waals surface area contributed by atoms with Gasteiger partial charge in [-0.2, -0.15) is 11.8 Å². The van der Waals surface area contributed by atoms with Gasteiger partial charge in [0.15, 0.2) is 0 Å². The Morgan fingerprint density at radius 3 is 2.26 bits per heavy atom. The molecule has 0 heterocycles. The maximum Gasteiger partial charge on any atom is 0.408 e. The molecule has 27 heavy (non-hydrogen) atoms. The first-order valence-electron chi connectivity index (χ1n) is 8.68. The largest absolute Gasteiger partial charge is 0.480 e. The van der Waals surface area contributed by atoms with Crippen LogP contribution in [0.1, 0.15) is 32.8 Å². The molecule has 0 saturated carbocycles. The van der Waals surface area contributed by atoms with Crippen molar-refractivity contribution in [2.45, 2.75) is 51.3 Å². The maximum atomic E-state index is 12.6. The van der Waals surface area contributed by atoms with Crippen LogP contribution in [0.15, 0.2) is 30.3 Å². The van der Waals surface area contributed by atoms with Crippen LogP contribution in [0.4, 0.5) is 4.79 Å². The van der Waals surface area contributed by atoms with Crippen LogP contribution in [0.5, 0.6) is 0 Å². The quantitative estimate of drug-likeness (QED) is 0.592. The van der Waals surface area contributed by atoms with E-state index in [1.54, 1.807) is 45.0 Å². The van der Waals surface area contributed by atoms with E-state index in [0.29, 0.717) is 12.2 Å². The van der Waals surface area contributed by atoms with Gasteiger partial charge in [0.1, 0.15) is 17.7 Å². The Balaban J connectivity index is 2.79. The van der Waals surface area contributed by atoms with E-state index in [1.807, 2.05) is 12.3 Å². The average molecular weight is 397 g/mol. The van der Waals surface area contributed by atoms with E-state index in [2.05, 4.69) is 10.6 Å². The Hall–Kier alpha value is -2.22. The maximum absolute atomic E-state index is 12.6. The number of alkyl carbamates (subject to hydrolysis) is 1. The van der Waals surface area contributed by atoms with Gasteiger partial charge in [-0.3, -0.25) is 4.79 Å². The van der Waals surface area contributed by atoms with Crippen LogP contribution in [0, 0.1) is 0 Å². The third-order valence-corrected chi connectivity index (χ3v) is 4.16. The first-order valence-corrected chi connectivity index (χ1v) is 10.1. The number of benzene rings is 1. The normalized spacial score (nSPS) is 13.3. The van der Waals surface area contributed by atoms with Gasteiger partial charge in [-0.25, -0.2) is 9.59 Å². The molecule has 0 aliphatic rings. The molecule has 0 bridgehead atoms. The van der Waals surface area contributed by atoms with Crippen molar-refractivity contribution in [2.24, 2.45) is 0 Å². The third-order valence-electron chi connectivity index (χ3n) is 3.52. The molecule has 7 nitrogen and oxygen atoms in total. The van der Waals surface area contributed by atoms with Crippen molar-refractivity contribution >= 4 is 29.7 Å². The molecule has 0 aromatic heterocycles. The summed E-state index contributed by atoms with van der Waals surface area (Å²) in [5, 5.41) is 14.5. The molecule has 2 atom stereocenters. The number of carboxylic acid groups (broad SMARTS) is 1. The summed E-state index contributed by atoms with van der Waals surface area (Å²) in [6.07, 6.45) is 1.70. The lowest BCUT2D eigenvalue weighted by atomic mass is 10.1.